The fourth-order valence-electron chi connectivity index (χ4n) is 3.02. The van der Waals surface area contributed by atoms with Crippen LogP contribution in [0.15, 0.2) is 65.7 Å². The first-order chi connectivity index (χ1) is 13.2. The van der Waals surface area contributed by atoms with Crippen LogP contribution in [0.1, 0.15) is 11.1 Å². The van der Waals surface area contributed by atoms with E-state index in [0.29, 0.717) is 13.1 Å². The molecule has 0 radical (unpaired) electrons. The van der Waals surface area contributed by atoms with Crippen LogP contribution < -0.4 is 20.1 Å². The zero-order chi connectivity index (χ0) is 19.1. The quantitative estimate of drug-likeness (QED) is 0.518. The number of methoxy groups -OCH3 is 2. The normalized spacial score (nSPS) is 11.3. The number of benzene rings is 3. The van der Waals surface area contributed by atoms with Crippen LogP contribution in [0.4, 0.5) is 0 Å². The number of guanidine groups is 1. The summed E-state index contributed by atoms with van der Waals surface area (Å²) in [4.78, 5) is 4.32. The Hall–Kier alpha value is -3.21. The van der Waals surface area contributed by atoms with Crippen molar-refractivity contribution in [2.75, 3.05) is 21.3 Å². The van der Waals surface area contributed by atoms with Crippen molar-refractivity contribution in [3.8, 4) is 11.5 Å². The molecule has 0 saturated heterocycles. The highest BCUT2D eigenvalue weighted by molar-refractivity contribution is 5.86. The summed E-state index contributed by atoms with van der Waals surface area (Å²) in [6.07, 6.45) is 0. The lowest BCUT2D eigenvalue weighted by Crippen LogP contribution is -2.36. The van der Waals surface area contributed by atoms with Crippen LogP contribution in [0.3, 0.4) is 0 Å². The molecule has 5 nitrogen and oxygen atoms in total. The molecule has 5 heteroatoms. The zero-order valence-corrected chi connectivity index (χ0v) is 16.0. The molecular weight excluding hydrogens is 338 g/mol. The number of ether oxygens (including phenoxy) is 2. The van der Waals surface area contributed by atoms with Gasteiger partial charge in [0.15, 0.2) is 5.96 Å². The minimum atomic E-state index is 0.600. The second-order valence-corrected chi connectivity index (χ2v) is 6.10. The lowest BCUT2D eigenvalue weighted by molar-refractivity contribution is 0.390. The number of hydrogen-bond donors (Lipinski definition) is 2. The molecule has 0 amide bonds. The van der Waals surface area contributed by atoms with E-state index in [1.807, 2.05) is 18.2 Å². The van der Waals surface area contributed by atoms with Gasteiger partial charge in [-0.15, -0.1) is 0 Å². The molecule has 0 aliphatic carbocycles. The van der Waals surface area contributed by atoms with Gasteiger partial charge >= 0.3 is 0 Å². The molecule has 3 aromatic rings. The molecule has 0 heterocycles. The first-order valence-corrected chi connectivity index (χ1v) is 8.87. The second-order valence-electron chi connectivity index (χ2n) is 6.10. The number of nitrogens with one attached hydrogen (secondary N) is 2. The Morgan fingerprint density at radius 2 is 1.59 bits per heavy atom. The van der Waals surface area contributed by atoms with Gasteiger partial charge in [0.05, 0.1) is 14.2 Å². The van der Waals surface area contributed by atoms with E-state index in [9.17, 15) is 0 Å². The molecule has 0 fully saturated rings. The van der Waals surface area contributed by atoms with Gasteiger partial charge in [-0.2, -0.15) is 0 Å². The van der Waals surface area contributed by atoms with Crippen molar-refractivity contribution in [2.45, 2.75) is 13.1 Å². The van der Waals surface area contributed by atoms with Crippen LogP contribution in [-0.4, -0.2) is 27.2 Å². The molecule has 0 aliphatic heterocycles. The van der Waals surface area contributed by atoms with Gasteiger partial charge in [-0.3, -0.25) is 4.99 Å². The molecule has 3 aromatic carbocycles. The van der Waals surface area contributed by atoms with Crippen LogP contribution in [0.2, 0.25) is 0 Å². The van der Waals surface area contributed by atoms with Crippen molar-refractivity contribution >= 4 is 16.7 Å². The van der Waals surface area contributed by atoms with Gasteiger partial charge in [0.25, 0.3) is 0 Å². The third-order valence-corrected chi connectivity index (χ3v) is 4.49. The van der Waals surface area contributed by atoms with Crippen LogP contribution in [0.5, 0.6) is 11.5 Å². The zero-order valence-electron chi connectivity index (χ0n) is 16.0. The van der Waals surface area contributed by atoms with E-state index in [-0.39, 0.29) is 0 Å². The molecule has 0 aromatic heterocycles. The van der Waals surface area contributed by atoms with Crippen molar-refractivity contribution < 1.29 is 9.47 Å². The highest BCUT2D eigenvalue weighted by atomic mass is 16.5. The molecule has 0 bridgehead atoms. The standard InChI is InChI=1S/C22H25N3O2/c1-23-22(25-15-18-11-12-19(26-2)13-21(18)27-3)24-14-17-9-6-8-16-7-4-5-10-20(16)17/h4-13H,14-15H2,1-3H3,(H2,23,24,25). The van der Waals surface area contributed by atoms with E-state index in [1.165, 1.54) is 16.3 Å². The summed E-state index contributed by atoms with van der Waals surface area (Å²) >= 11 is 0. The third-order valence-electron chi connectivity index (χ3n) is 4.49. The Morgan fingerprint density at radius 3 is 2.33 bits per heavy atom. The van der Waals surface area contributed by atoms with Crippen LogP contribution >= 0.6 is 0 Å². The fraction of sp³-hybridized carbons (Fsp3) is 0.227. The number of aliphatic imine (C=N–C) groups is 1. The fourth-order valence-corrected chi connectivity index (χ4v) is 3.02. The first-order valence-electron chi connectivity index (χ1n) is 8.87. The van der Waals surface area contributed by atoms with Gasteiger partial charge in [-0.05, 0) is 28.5 Å². The average molecular weight is 363 g/mol. The van der Waals surface area contributed by atoms with E-state index >= 15 is 0 Å². The van der Waals surface area contributed by atoms with Crippen LogP contribution in [0.25, 0.3) is 10.8 Å². The molecule has 0 saturated carbocycles. The van der Waals surface area contributed by atoms with Crippen molar-refractivity contribution in [1.82, 2.24) is 10.6 Å². The summed E-state index contributed by atoms with van der Waals surface area (Å²) in [6.45, 7) is 1.29. The first kappa shape index (κ1) is 18.6. The predicted molar refractivity (Wildman–Crippen MR) is 111 cm³/mol. The number of hydrogen-bond acceptors (Lipinski definition) is 3. The molecule has 3 rings (SSSR count). The van der Waals surface area contributed by atoms with E-state index in [0.717, 1.165) is 23.0 Å². The van der Waals surface area contributed by atoms with Gasteiger partial charge in [-0.25, -0.2) is 0 Å². The van der Waals surface area contributed by atoms with Crippen molar-refractivity contribution in [2.24, 2.45) is 4.99 Å². The van der Waals surface area contributed by atoms with Crippen molar-refractivity contribution in [3.63, 3.8) is 0 Å². The largest absolute Gasteiger partial charge is 0.497 e. The molecular formula is C22H25N3O2. The minimum Gasteiger partial charge on any atom is -0.497 e. The summed E-state index contributed by atoms with van der Waals surface area (Å²) in [7, 11) is 5.07. The smallest absolute Gasteiger partial charge is 0.191 e. The molecule has 0 aliphatic rings. The molecule has 27 heavy (non-hydrogen) atoms. The highest BCUT2D eigenvalue weighted by Gasteiger charge is 2.07. The van der Waals surface area contributed by atoms with Crippen molar-refractivity contribution in [1.29, 1.82) is 0 Å². The second kappa shape index (κ2) is 8.94. The van der Waals surface area contributed by atoms with Gasteiger partial charge < -0.3 is 20.1 Å². The SMILES string of the molecule is CN=C(NCc1ccc(OC)cc1OC)NCc1cccc2ccccc12. The summed E-state index contributed by atoms with van der Waals surface area (Å²) < 4.78 is 10.7. The predicted octanol–water partition coefficient (Wildman–Crippen LogP) is 3.72. The number of rotatable bonds is 6. The summed E-state index contributed by atoms with van der Waals surface area (Å²) in [5.41, 5.74) is 2.27. The van der Waals surface area contributed by atoms with E-state index in [1.54, 1.807) is 21.3 Å². The van der Waals surface area contributed by atoms with E-state index in [2.05, 4.69) is 58.1 Å². The monoisotopic (exact) mass is 363 g/mol. The Labute approximate surface area is 160 Å². The number of fused-ring (bicyclic) bond motifs is 1. The minimum absolute atomic E-state index is 0.600. The molecule has 0 atom stereocenters. The molecule has 0 spiro atoms. The van der Waals surface area contributed by atoms with Gasteiger partial charge in [0.2, 0.25) is 0 Å². The molecule has 140 valence electrons. The summed E-state index contributed by atoms with van der Waals surface area (Å²) in [5, 5.41) is 9.20. The summed E-state index contributed by atoms with van der Waals surface area (Å²) in [5.74, 6) is 2.29. The topological polar surface area (TPSA) is 54.9 Å². The number of nitrogens with zero attached hydrogens (tertiary/aromatic N) is 1. The summed E-state index contributed by atoms with van der Waals surface area (Å²) in [6, 6.07) is 20.5. The van der Waals surface area contributed by atoms with Gasteiger partial charge in [-0.1, -0.05) is 42.5 Å². The highest BCUT2D eigenvalue weighted by Crippen LogP contribution is 2.24. The maximum Gasteiger partial charge on any atom is 0.191 e. The maximum atomic E-state index is 5.45. The lowest BCUT2D eigenvalue weighted by Gasteiger charge is -2.15. The Bertz CT molecular complexity index is 932. The Morgan fingerprint density at radius 1 is 0.852 bits per heavy atom. The average Bonchev–Trinajstić information content (AvgIpc) is 2.73. The Kier molecular flexibility index (Phi) is 6.15. The van der Waals surface area contributed by atoms with Crippen LogP contribution in [0, 0.1) is 0 Å². The van der Waals surface area contributed by atoms with E-state index < -0.39 is 0 Å². The molecule has 0 unspecified atom stereocenters. The van der Waals surface area contributed by atoms with Crippen LogP contribution in [-0.2, 0) is 13.1 Å². The maximum absolute atomic E-state index is 5.45. The van der Waals surface area contributed by atoms with Gasteiger partial charge in [0.1, 0.15) is 11.5 Å². The Balaban J connectivity index is 1.65. The third kappa shape index (κ3) is 4.50. The molecule has 2 N–H and O–H groups in total. The van der Waals surface area contributed by atoms with Crippen molar-refractivity contribution in [3.05, 3.63) is 71.8 Å². The lowest BCUT2D eigenvalue weighted by atomic mass is 10.0. The van der Waals surface area contributed by atoms with Gasteiger partial charge in [0, 0.05) is 31.8 Å². The van der Waals surface area contributed by atoms with E-state index in [4.69, 9.17) is 9.47 Å².